The second kappa shape index (κ2) is 8.77. The van der Waals surface area contributed by atoms with Gasteiger partial charge in [0.2, 0.25) is 5.91 Å². The van der Waals surface area contributed by atoms with Crippen LogP contribution < -0.4 is 5.73 Å². The van der Waals surface area contributed by atoms with E-state index in [4.69, 9.17) is 17.3 Å². The average Bonchev–Trinajstić information content (AvgIpc) is 3.24. The van der Waals surface area contributed by atoms with E-state index < -0.39 is 16.1 Å². The number of halogens is 1. The maximum absolute atomic E-state index is 13.5. The molecule has 0 saturated carbocycles. The Kier molecular flexibility index (Phi) is 5.93. The van der Waals surface area contributed by atoms with Crippen LogP contribution >= 0.6 is 22.9 Å². The predicted octanol–water partition coefficient (Wildman–Crippen LogP) is 3.89. The molecule has 4 aromatic rings. The molecular weight excluding hydrogens is 494 g/mol. The van der Waals surface area contributed by atoms with Gasteiger partial charge < -0.3 is 10.6 Å². The van der Waals surface area contributed by atoms with Crippen LogP contribution in [0.15, 0.2) is 53.0 Å². The molecule has 3 heterocycles. The van der Waals surface area contributed by atoms with Crippen molar-refractivity contribution in [1.29, 1.82) is 0 Å². The van der Waals surface area contributed by atoms with Gasteiger partial charge in [-0.25, -0.2) is 18.4 Å². The lowest BCUT2D eigenvalue weighted by atomic mass is 10.1. The van der Waals surface area contributed by atoms with E-state index in [9.17, 15) is 13.2 Å². The Morgan fingerprint density at radius 2 is 1.97 bits per heavy atom. The van der Waals surface area contributed by atoms with Crippen molar-refractivity contribution in [1.82, 2.24) is 19.2 Å². The van der Waals surface area contributed by atoms with Crippen molar-refractivity contribution in [2.45, 2.75) is 30.1 Å². The van der Waals surface area contributed by atoms with Crippen LogP contribution in [-0.2, 0) is 21.4 Å². The van der Waals surface area contributed by atoms with Gasteiger partial charge in [-0.1, -0.05) is 30.7 Å². The zero-order valence-corrected chi connectivity index (χ0v) is 20.7. The number of benzene rings is 2. The number of carbonyl (C=O) groups excluding carboxylic acids is 1. The van der Waals surface area contributed by atoms with Gasteiger partial charge in [-0.15, -0.1) is 11.3 Å². The highest BCUT2D eigenvalue weighted by molar-refractivity contribution is 7.91. The van der Waals surface area contributed by atoms with E-state index in [1.165, 1.54) is 22.0 Å². The standard InChI is InChI=1S/C23H22ClN5O3S2/c1-2-19-23(30)28(12-14-3-6-17-18(9-14)26-13-27-22(17)25)7-8-29(19)34(31,32)21-10-15-4-5-16(24)11-20(15)33-21/h3-6,9-11,13,19H,2,7-8,12H2,1H3,(H2,25,26,27)/t19-/m0/s1. The number of anilines is 1. The summed E-state index contributed by atoms with van der Waals surface area (Å²) >= 11 is 7.23. The number of hydrogen-bond donors (Lipinski definition) is 1. The van der Waals surface area contributed by atoms with Crippen molar-refractivity contribution in [3.05, 3.63) is 59.4 Å². The Balaban J connectivity index is 1.39. The van der Waals surface area contributed by atoms with Gasteiger partial charge in [-0.2, -0.15) is 4.31 Å². The van der Waals surface area contributed by atoms with Crippen molar-refractivity contribution in [2.75, 3.05) is 18.8 Å². The Hall–Kier alpha value is -2.79. The van der Waals surface area contributed by atoms with E-state index >= 15 is 0 Å². The summed E-state index contributed by atoms with van der Waals surface area (Å²) in [6, 6.07) is 11.8. The van der Waals surface area contributed by atoms with Crippen LogP contribution in [-0.4, -0.2) is 52.6 Å². The summed E-state index contributed by atoms with van der Waals surface area (Å²) < 4.78 is 29.4. The number of rotatable bonds is 5. The molecule has 1 atom stereocenters. The lowest BCUT2D eigenvalue weighted by Gasteiger charge is -2.39. The number of hydrogen-bond acceptors (Lipinski definition) is 7. The zero-order valence-electron chi connectivity index (χ0n) is 18.3. The number of nitrogen functional groups attached to an aromatic ring is 1. The molecule has 11 heteroatoms. The summed E-state index contributed by atoms with van der Waals surface area (Å²) in [6.07, 6.45) is 1.79. The molecule has 0 spiro atoms. The Morgan fingerprint density at radius 3 is 2.76 bits per heavy atom. The highest BCUT2D eigenvalue weighted by Gasteiger charge is 2.41. The minimum absolute atomic E-state index is 0.205. The lowest BCUT2D eigenvalue weighted by Crippen LogP contribution is -2.57. The summed E-state index contributed by atoms with van der Waals surface area (Å²) in [4.78, 5) is 23.3. The van der Waals surface area contributed by atoms with E-state index in [1.54, 1.807) is 29.2 Å². The van der Waals surface area contributed by atoms with E-state index in [0.29, 0.717) is 35.9 Å². The number of sulfonamides is 1. The van der Waals surface area contributed by atoms with Crippen molar-refractivity contribution in [3.8, 4) is 0 Å². The van der Waals surface area contributed by atoms with Crippen LogP contribution in [0.1, 0.15) is 18.9 Å². The fraction of sp³-hybridized carbons (Fsp3) is 0.261. The molecule has 0 bridgehead atoms. The second-order valence-corrected chi connectivity index (χ2v) is 11.8. The summed E-state index contributed by atoms with van der Waals surface area (Å²) in [5.41, 5.74) is 7.50. The zero-order chi connectivity index (χ0) is 24.0. The molecule has 5 rings (SSSR count). The molecule has 1 amide bonds. The van der Waals surface area contributed by atoms with E-state index in [2.05, 4.69) is 9.97 Å². The van der Waals surface area contributed by atoms with Gasteiger partial charge in [0.1, 0.15) is 22.4 Å². The third-order valence-corrected chi connectivity index (χ3v) is 9.74. The molecule has 8 nitrogen and oxygen atoms in total. The molecule has 2 N–H and O–H groups in total. The van der Waals surface area contributed by atoms with Gasteiger partial charge in [0.25, 0.3) is 10.0 Å². The molecular formula is C23H22ClN5O3S2. The van der Waals surface area contributed by atoms with Gasteiger partial charge in [0.05, 0.1) is 5.52 Å². The van der Waals surface area contributed by atoms with Gasteiger partial charge in [-0.3, -0.25) is 4.79 Å². The number of nitrogens with zero attached hydrogens (tertiary/aromatic N) is 4. The smallest absolute Gasteiger partial charge is 0.253 e. The van der Waals surface area contributed by atoms with Crippen LogP contribution in [0, 0.1) is 0 Å². The van der Waals surface area contributed by atoms with Crippen molar-refractivity contribution in [3.63, 3.8) is 0 Å². The highest BCUT2D eigenvalue weighted by Crippen LogP contribution is 2.34. The number of thiophene rings is 1. The second-order valence-electron chi connectivity index (χ2n) is 8.16. The van der Waals surface area contributed by atoms with Gasteiger partial charge in [-0.05, 0) is 47.7 Å². The topological polar surface area (TPSA) is 109 Å². The van der Waals surface area contributed by atoms with Gasteiger partial charge in [0.15, 0.2) is 0 Å². The third kappa shape index (κ3) is 4.00. The van der Waals surface area contributed by atoms with Crippen LogP contribution in [0.25, 0.3) is 21.0 Å². The molecule has 1 fully saturated rings. The Labute approximate surface area is 206 Å². The first-order valence-electron chi connectivity index (χ1n) is 10.8. The fourth-order valence-corrected chi connectivity index (χ4v) is 7.76. The first-order valence-corrected chi connectivity index (χ1v) is 13.4. The summed E-state index contributed by atoms with van der Waals surface area (Å²) in [5.74, 6) is 0.199. The first-order chi connectivity index (χ1) is 16.3. The van der Waals surface area contributed by atoms with E-state index in [0.717, 1.165) is 21.0 Å². The molecule has 1 aliphatic rings. The monoisotopic (exact) mass is 515 g/mol. The molecule has 0 aliphatic carbocycles. The highest BCUT2D eigenvalue weighted by atomic mass is 35.5. The van der Waals surface area contributed by atoms with Gasteiger partial charge in [0, 0.05) is 34.7 Å². The third-order valence-electron chi connectivity index (χ3n) is 6.05. The molecule has 0 unspecified atom stereocenters. The summed E-state index contributed by atoms with van der Waals surface area (Å²) in [5, 5.41) is 2.12. The molecule has 2 aromatic carbocycles. The molecule has 2 aromatic heterocycles. The first kappa shape index (κ1) is 23.0. The van der Waals surface area contributed by atoms with Crippen LogP contribution in [0.3, 0.4) is 0 Å². The molecule has 1 aliphatic heterocycles. The predicted molar refractivity (Wildman–Crippen MR) is 134 cm³/mol. The van der Waals surface area contributed by atoms with Crippen LogP contribution in [0.4, 0.5) is 5.82 Å². The van der Waals surface area contributed by atoms with E-state index in [-0.39, 0.29) is 16.7 Å². The minimum atomic E-state index is -3.83. The fourth-order valence-electron chi connectivity index (χ4n) is 4.31. The van der Waals surface area contributed by atoms with Gasteiger partial charge >= 0.3 is 0 Å². The number of amides is 1. The number of nitrogens with two attached hydrogens (primary N) is 1. The molecule has 34 heavy (non-hydrogen) atoms. The average molecular weight is 516 g/mol. The molecule has 176 valence electrons. The SMILES string of the molecule is CC[C@H]1C(=O)N(Cc2ccc3c(N)ncnc3c2)CCN1S(=O)(=O)c1cc2ccc(Cl)cc2s1. The number of fused-ring (bicyclic) bond motifs is 2. The molecule has 1 saturated heterocycles. The number of carbonyl (C=O) groups is 1. The maximum Gasteiger partial charge on any atom is 0.253 e. The molecule has 0 radical (unpaired) electrons. The normalized spacial score (nSPS) is 17.6. The Bertz CT molecular complexity index is 1520. The van der Waals surface area contributed by atoms with Crippen molar-refractivity contribution >= 4 is 65.7 Å². The maximum atomic E-state index is 13.5. The minimum Gasteiger partial charge on any atom is -0.383 e. The van der Waals surface area contributed by atoms with Crippen LogP contribution in [0.5, 0.6) is 0 Å². The quantitative estimate of drug-likeness (QED) is 0.432. The number of piperazine rings is 1. The summed E-state index contributed by atoms with van der Waals surface area (Å²) in [7, 11) is -3.83. The largest absolute Gasteiger partial charge is 0.383 e. The van der Waals surface area contributed by atoms with Crippen LogP contribution in [0.2, 0.25) is 5.02 Å². The lowest BCUT2D eigenvalue weighted by molar-refractivity contribution is -0.139. The Morgan fingerprint density at radius 1 is 1.15 bits per heavy atom. The number of aromatic nitrogens is 2. The van der Waals surface area contributed by atoms with E-state index in [1.807, 2.05) is 25.1 Å². The van der Waals surface area contributed by atoms with Crippen molar-refractivity contribution < 1.29 is 13.2 Å². The van der Waals surface area contributed by atoms with Crippen molar-refractivity contribution in [2.24, 2.45) is 0 Å². The summed E-state index contributed by atoms with van der Waals surface area (Å²) in [6.45, 7) is 2.72.